The summed E-state index contributed by atoms with van der Waals surface area (Å²) in [5.41, 5.74) is 0.220. The zero-order valence-electron chi connectivity index (χ0n) is 11.0. The maximum Gasteiger partial charge on any atom is 0.157 e. The fraction of sp³-hybridized carbons (Fsp3) is 0.917. The van der Waals surface area contributed by atoms with Crippen molar-refractivity contribution in [2.75, 3.05) is 31.9 Å². The van der Waals surface area contributed by atoms with Crippen molar-refractivity contribution in [2.45, 2.75) is 39.7 Å². The van der Waals surface area contributed by atoms with Crippen LogP contribution in [-0.2, 0) is 0 Å². The Bertz CT molecular complexity index is 238. The quantitative estimate of drug-likeness (QED) is 0.775. The van der Waals surface area contributed by atoms with Gasteiger partial charge in [-0.1, -0.05) is 25.6 Å². The molecule has 1 N–H and O–H groups in total. The van der Waals surface area contributed by atoms with Crippen molar-refractivity contribution in [3.63, 3.8) is 0 Å². The predicted molar refractivity (Wildman–Crippen MR) is 74.4 cm³/mol. The summed E-state index contributed by atoms with van der Waals surface area (Å²) in [7, 11) is 0. The first kappa shape index (κ1) is 13.8. The molecule has 1 heterocycles. The van der Waals surface area contributed by atoms with Gasteiger partial charge in [0.15, 0.2) is 5.17 Å². The summed E-state index contributed by atoms with van der Waals surface area (Å²) >= 11 is 1.84. The zero-order valence-corrected chi connectivity index (χ0v) is 11.9. The molecule has 0 bridgehead atoms. The van der Waals surface area contributed by atoms with Gasteiger partial charge < -0.3 is 10.2 Å². The third kappa shape index (κ3) is 4.74. The Morgan fingerprint density at radius 1 is 1.38 bits per heavy atom. The van der Waals surface area contributed by atoms with Crippen LogP contribution in [0, 0.1) is 0 Å². The van der Waals surface area contributed by atoms with Crippen molar-refractivity contribution in [3.05, 3.63) is 0 Å². The highest BCUT2D eigenvalue weighted by atomic mass is 32.2. The average Bonchev–Trinajstić information content (AvgIpc) is 2.57. The average molecular weight is 243 g/mol. The molecule has 1 rings (SSSR count). The molecule has 0 aliphatic carbocycles. The van der Waals surface area contributed by atoms with Crippen LogP contribution in [0.5, 0.6) is 0 Å². The molecule has 0 radical (unpaired) electrons. The van der Waals surface area contributed by atoms with Gasteiger partial charge >= 0.3 is 0 Å². The van der Waals surface area contributed by atoms with E-state index in [0.29, 0.717) is 0 Å². The third-order valence-electron chi connectivity index (χ3n) is 2.67. The number of hydrogen-bond donors (Lipinski definition) is 1. The number of thioether (sulfide) groups is 1. The molecular formula is C12H25N3S. The van der Waals surface area contributed by atoms with Crippen LogP contribution in [0.2, 0.25) is 0 Å². The summed E-state index contributed by atoms with van der Waals surface area (Å²) in [5.74, 6) is 1.12. The Morgan fingerprint density at radius 3 is 2.62 bits per heavy atom. The molecule has 16 heavy (non-hydrogen) atoms. The second-order valence-corrected chi connectivity index (χ2v) is 5.88. The monoisotopic (exact) mass is 243 g/mol. The molecule has 1 fully saturated rings. The van der Waals surface area contributed by atoms with Crippen LogP contribution in [0.25, 0.3) is 0 Å². The molecule has 0 aromatic heterocycles. The standard InChI is InChI=1S/C12H25N3S/c1-5-8-15(6-2)9-7-13-11-14-12(3,4)10-16-11/h5-10H2,1-4H3,(H,13,14). The summed E-state index contributed by atoms with van der Waals surface area (Å²) in [6, 6.07) is 0. The van der Waals surface area contributed by atoms with Crippen LogP contribution in [0.4, 0.5) is 0 Å². The fourth-order valence-corrected chi connectivity index (χ4v) is 2.83. The van der Waals surface area contributed by atoms with Gasteiger partial charge in [-0.3, -0.25) is 4.99 Å². The van der Waals surface area contributed by atoms with E-state index in [4.69, 9.17) is 0 Å². The molecular weight excluding hydrogens is 218 g/mol. The molecule has 4 heteroatoms. The lowest BCUT2D eigenvalue weighted by atomic mass is 10.1. The smallest absolute Gasteiger partial charge is 0.157 e. The van der Waals surface area contributed by atoms with Crippen LogP contribution in [0.3, 0.4) is 0 Å². The first-order valence-corrected chi connectivity index (χ1v) is 7.23. The molecule has 0 saturated carbocycles. The second kappa shape index (κ2) is 6.50. The predicted octanol–water partition coefficient (Wildman–Crippen LogP) is 2.19. The Kier molecular flexibility index (Phi) is 5.62. The molecule has 0 aromatic rings. The van der Waals surface area contributed by atoms with Gasteiger partial charge in [-0.05, 0) is 33.4 Å². The van der Waals surface area contributed by atoms with E-state index < -0.39 is 0 Å². The largest absolute Gasteiger partial charge is 0.359 e. The van der Waals surface area contributed by atoms with Crippen molar-refractivity contribution in [1.82, 2.24) is 10.2 Å². The van der Waals surface area contributed by atoms with Gasteiger partial charge in [-0.2, -0.15) is 0 Å². The first-order valence-electron chi connectivity index (χ1n) is 6.25. The first-order chi connectivity index (χ1) is 7.57. The van der Waals surface area contributed by atoms with Gasteiger partial charge in [-0.15, -0.1) is 0 Å². The van der Waals surface area contributed by atoms with Crippen molar-refractivity contribution in [3.8, 4) is 0 Å². The van der Waals surface area contributed by atoms with Gasteiger partial charge in [-0.25, -0.2) is 0 Å². The van der Waals surface area contributed by atoms with Crippen LogP contribution in [-0.4, -0.2) is 47.5 Å². The number of amidine groups is 1. The number of nitrogens with zero attached hydrogens (tertiary/aromatic N) is 2. The van der Waals surface area contributed by atoms with E-state index >= 15 is 0 Å². The normalized spacial score (nSPS) is 21.7. The minimum atomic E-state index is 0.220. The van der Waals surface area contributed by atoms with Crippen molar-refractivity contribution in [1.29, 1.82) is 0 Å². The second-order valence-electron chi connectivity index (χ2n) is 4.92. The van der Waals surface area contributed by atoms with Crippen molar-refractivity contribution >= 4 is 16.9 Å². The summed E-state index contributed by atoms with van der Waals surface area (Å²) in [6.07, 6.45) is 1.23. The maximum atomic E-state index is 4.62. The number of rotatable bonds is 6. The minimum absolute atomic E-state index is 0.220. The lowest BCUT2D eigenvalue weighted by Gasteiger charge is -2.18. The Labute approximate surface area is 104 Å². The van der Waals surface area contributed by atoms with Gasteiger partial charge in [0.25, 0.3) is 0 Å². The molecule has 0 atom stereocenters. The number of aliphatic imine (C=N–C) groups is 1. The van der Waals surface area contributed by atoms with E-state index in [0.717, 1.165) is 30.6 Å². The lowest BCUT2D eigenvalue weighted by molar-refractivity contribution is 0.297. The summed E-state index contributed by atoms with van der Waals surface area (Å²) in [5, 5.41) is 4.57. The number of likely N-dealkylation sites (N-methyl/N-ethyl adjacent to an activating group) is 1. The summed E-state index contributed by atoms with van der Waals surface area (Å²) in [4.78, 5) is 7.07. The van der Waals surface area contributed by atoms with E-state index in [2.05, 4.69) is 42.9 Å². The molecule has 0 aromatic carbocycles. The Balaban J connectivity index is 2.26. The Hall–Kier alpha value is -0.220. The van der Waals surface area contributed by atoms with E-state index in [1.54, 1.807) is 0 Å². The molecule has 0 unspecified atom stereocenters. The van der Waals surface area contributed by atoms with Crippen molar-refractivity contribution in [2.24, 2.45) is 4.99 Å². The van der Waals surface area contributed by atoms with Crippen LogP contribution < -0.4 is 5.32 Å². The SMILES string of the molecule is CCCN(CC)CCN=C1NC(C)(C)CS1. The minimum Gasteiger partial charge on any atom is -0.359 e. The third-order valence-corrected chi connectivity index (χ3v) is 4.04. The van der Waals surface area contributed by atoms with Gasteiger partial charge in [0.1, 0.15) is 0 Å². The summed E-state index contributed by atoms with van der Waals surface area (Å²) in [6.45, 7) is 13.2. The van der Waals surface area contributed by atoms with E-state index in [1.807, 2.05) is 11.8 Å². The van der Waals surface area contributed by atoms with Gasteiger partial charge in [0.05, 0.1) is 6.54 Å². The van der Waals surface area contributed by atoms with Crippen molar-refractivity contribution < 1.29 is 0 Å². The molecule has 94 valence electrons. The number of nitrogens with one attached hydrogen (secondary N) is 1. The fourth-order valence-electron chi connectivity index (χ4n) is 1.73. The van der Waals surface area contributed by atoms with E-state index in [1.165, 1.54) is 13.0 Å². The molecule has 1 saturated heterocycles. The van der Waals surface area contributed by atoms with Gasteiger partial charge in [0, 0.05) is 17.8 Å². The zero-order chi connectivity index (χ0) is 12.0. The van der Waals surface area contributed by atoms with Crippen LogP contribution in [0.15, 0.2) is 4.99 Å². The lowest BCUT2D eigenvalue weighted by Crippen LogP contribution is -2.37. The topological polar surface area (TPSA) is 27.6 Å². The van der Waals surface area contributed by atoms with Crippen LogP contribution in [0.1, 0.15) is 34.1 Å². The Morgan fingerprint density at radius 2 is 2.12 bits per heavy atom. The number of hydrogen-bond acceptors (Lipinski definition) is 3. The van der Waals surface area contributed by atoms with E-state index in [9.17, 15) is 0 Å². The summed E-state index contributed by atoms with van der Waals surface area (Å²) < 4.78 is 0. The highest BCUT2D eigenvalue weighted by Gasteiger charge is 2.26. The highest BCUT2D eigenvalue weighted by molar-refractivity contribution is 8.14. The van der Waals surface area contributed by atoms with E-state index in [-0.39, 0.29) is 5.54 Å². The highest BCUT2D eigenvalue weighted by Crippen LogP contribution is 2.21. The molecule has 1 aliphatic heterocycles. The maximum absolute atomic E-state index is 4.62. The molecule has 0 amide bonds. The molecule has 1 aliphatic rings. The van der Waals surface area contributed by atoms with Gasteiger partial charge in [0.2, 0.25) is 0 Å². The van der Waals surface area contributed by atoms with Crippen LogP contribution >= 0.6 is 11.8 Å². The molecule has 3 nitrogen and oxygen atoms in total. The molecule has 0 spiro atoms.